The molecule has 0 radical (unpaired) electrons. The number of benzene rings is 2. The predicted octanol–water partition coefficient (Wildman–Crippen LogP) is 3.75. The standard InChI is InChI=1S/C20H21Br2N3O3/c1-28-16-7-4-11(8-14(16)22)15-9-13(20(26)27)17-18(24-25-19(17)23-15)10-2-5-12(21)6-3-10/h2-8,13,15,17-19,23-25H,9H2,1H3,(H,26,27). The molecule has 2 heterocycles. The summed E-state index contributed by atoms with van der Waals surface area (Å²) in [5, 5.41) is 13.6. The maximum absolute atomic E-state index is 12.2. The summed E-state index contributed by atoms with van der Waals surface area (Å²) in [5.41, 5.74) is 8.68. The van der Waals surface area contributed by atoms with Crippen LogP contribution in [0.15, 0.2) is 51.4 Å². The van der Waals surface area contributed by atoms with Crippen molar-refractivity contribution < 1.29 is 14.6 Å². The highest BCUT2D eigenvalue weighted by atomic mass is 79.9. The smallest absolute Gasteiger partial charge is 0.307 e. The number of aliphatic carboxylic acids is 1. The first-order chi connectivity index (χ1) is 13.5. The van der Waals surface area contributed by atoms with Crippen molar-refractivity contribution in [2.75, 3.05) is 7.11 Å². The molecule has 0 aliphatic carbocycles. The Bertz CT molecular complexity index is 877. The van der Waals surface area contributed by atoms with Gasteiger partial charge < -0.3 is 9.84 Å². The van der Waals surface area contributed by atoms with Crippen LogP contribution >= 0.6 is 31.9 Å². The first kappa shape index (κ1) is 19.8. The molecule has 2 aliphatic rings. The molecule has 2 fully saturated rings. The van der Waals surface area contributed by atoms with Gasteiger partial charge >= 0.3 is 5.97 Å². The predicted molar refractivity (Wildman–Crippen MR) is 113 cm³/mol. The molecule has 6 nitrogen and oxygen atoms in total. The third-order valence-corrected chi connectivity index (χ3v) is 6.77. The molecule has 5 unspecified atom stereocenters. The van der Waals surface area contributed by atoms with E-state index in [0.717, 1.165) is 25.8 Å². The quantitative estimate of drug-likeness (QED) is 0.501. The van der Waals surface area contributed by atoms with E-state index in [1.165, 1.54) is 0 Å². The lowest BCUT2D eigenvalue weighted by Crippen LogP contribution is -2.53. The summed E-state index contributed by atoms with van der Waals surface area (Å²) < 4.78 is 7.16. The number of piperidine rings is 1. The molecular formula is C20H21Br2N3O3. The molecule has 28 heavy (non-hydrogen) atoms. The fourth-order valence-corrected chi connectivity index (χ4v) is 5.07. The van der Waals surface area contributed by atoms with Gasteiger partial charge in [-0.15, -0.1) is 0 Å². The fourth-order valence-electron chi connectivity index (χ4n) is 4.25. The Kier molecular flexibility index (Phi) is 5.76. The first-order valence-corrected chi connectivity index (χ1v) is 10.7. The normalized spacial score (nSPS) is 29.3. The van der Waals surface area contributed by atoms with Gasteiger partial charge in [0.05, 0.1) is 29.7 Å². The van der Waals surface area contributed by atoms with Crippen LogP contribution in [0.25, 0.3) is 0 Å². The van der Waals surface area contributed by atoms with Crippen LogP contribution in [0.1, 0.15) is 29.6 Å². The van der Waals surface area contributed by atoms with Gasteiger partial charge in [0.2, 0.25) is 0 Å². The molecule has 4 rings (SSSR count). The maximum Gasteiger partial charge on any atom is 0.307 e. The number of carboxylic acid groups (broad SMARTS) is 1. The maximum atomic E-state index is 12.2. The lowest BCUT2D eigenvalue weighted by atomic mass is 9.75. The van der Waals surface area contributed by atoms with E-state index >= 15 is 0 Å². The molecule has 0 bridgehead atoms. The van der Waals surface area contributed by atoms with Crippen LogP contribution in [0.2, 0.25) is 0 Å². The van der Waals surface area contributed by atoms with Gasteiger partial charge in [0.1, 0.15) is 5.75 Å². The van der Waals surface area contributed by atoms with E-state index in [1.54, 1.807) is 7.11 Å². The number of hydrazine groups is 1. The monoisotopic (exact) mass is 509 g/mol. The minimum Gasteiger partial charge on any atom is -0.496 e. The molecule has 4 N–H and O–H groups in total. The molecule has 8 heteroatoms. The van der Waals surface area contributed by atoms with Crippen LogP contribution in [-0.4, -0.2) is 24.4 Å². The SMILES string of the molecule is COc1ccc(C2CC(C(=O)O)C3C(NNC3c3ccc(Br)cc3)N2)cc1Br. The number of nitrogens with one attached hydrogen (secondary N) is 3. The van der Waals surface area contributed by atoms with Gasteiger partial charge in [0, 0.05) is 16.4 Å². The van der Waals surface area contributed by atoms with Crippen LogP contribution in [0.4, 0.5) is 0 Å². The molecule has 148 valence electrons. The zero-order chi connectivity index (χ0) is 19.8. The van der Waals surface area contributed by atoms with Crippen LogP contribution in [-0.2, 0) is 4.79 Å². The fraction of sp³-hybridized carbons (Fsp3) is 0.350. The number of halogens is 2. The number of methoxy groups -OCH3 is 1. The van der Waals surface area contributed by atoms with E-state index in [9.17, 15) is 9.90 Å². The molecule has 0 amide bonds. The summed E-state index contributed by atoms with van der Waals surface area (Å²) in [6.45, 7) is 0. The van der Waals surface area contributed by atoms with Gasteiger partial charge in [-0.25, -0.2) is 10.9 Å². The molecule has 5 atom stereocenters. The van der Waals surface area contributed by atoms with E-state index < -0.39 is 11.9 Å². The van der Waals surface area contributed by atoms with Crippen molar-refractivity contribution in [3.63, 3.8) is 0 Å². The second kappa shape index (κ2) is 8.12. The Morgan fingerprint density at radius 2 is 1.82 bits per heavy atom. The summed E-state index contributed by atoms with van der Waals surface area (Å²) in [6, 6.07) is 13.7. The summed E-state index contributed by atoms with van der Waals surface area (Å²) in [7, 11) is 1.63. The molecule has 0 aromatic heterocycles. The summed E-state index contributed by atoms with van der Waals surface area (Å²) in [4.78, 5) is 12.2. The number of carbonyl (C=O) groups is 1. The van der Waals surface area contributed by atoms with Crippen molar-refractivity contribution in [2.24, 2.45) is 11.8 Å². The third kappa shape index (κ3) is 3.71. The molecule has 2 aromatic carbocycles. The van der Waals surface area contributed by atoms with Crippen molar-refractivity contribution in [3.8, 4) is 5.75 Å². The van der Waals surface area contributed by atoms with Crippen molar-refractivity contribution in [3.05, 3.63) is 62.5 Å². The van der Waals surface area contributed by atoms with Crippen molar-refractivity contribution in [1.29, 1.82) is 0 Å². The van der Waals surface area contributed by atoms with E-state index in [-0.39, 0.29) is 24.2 Å². The van der Waals surface area contributed by atoms with Gasteiger partial charge in [-0.05, 0) is 57.7 Å². The molecule has 0 spiro atoms. The van der Waals surface area contributed by atoms with Gasteiger partial charge in [0.15, 0.2) is 0 Å². The number of rotatable bonds is 4. The van der Waals surface area contributed by atoms with Gasteiger partial charge in [-0.3, -0.25) is 10.1 Å². The Morgan fingerprint density at radius 1 is 1.11 bits per heavy atom. The molecule has 0 saturated carbocycles. The molecule has 2 aromatic rings. The number of hydrogen-bond acceptors (Lipinski definition) is 5. The lowest BCUT2D eigenvalue weighted by Gasteiger charge is -2.39. The first-order valence-electron chi connectivity index (χ1n) is 9.06. The van der Waals surface area contributed by atoms with Gasteiger partial charge in [-0.2, -0.15) is 0 Å². The number of ether oxygens (including phenoxy) is 1. The molecule has 2 saturated heterocycles. The Balaban J connectivity index is 1.61. The third-order valence-electron chi connectivity index (χ3n) is 5.62. The lowest BCUT2D eigenvalue weighted by molar-refractivity contribution is -0.146. The summed E-state index contributed by atoms with van der Waals surface area (Å²) in [6.07, 6.45) is 0.375. The van der Waals surface area contributed by atoms with Crippen LogP contribution in [0.3, 0.4) is 0 Å². The molecular weight excluding hydrogens is 490 g/mol. The van der Waals surface area contributed by atoms with Gasteiger partial charge in [-0.1, -0.05) is 34.1 Å². The average molecular weight is 511 g/mol. The zero-order valence-electron chi connectivity index (χ0n) is 15.2. The average Bonchev–Trinajstić information content (AvgIpc) is 3.11. The highest BCUT2D eigenvalue weighted by Crippen LogP contribution is 2.43. The Hall–Kier alpha value is -1.45. The van der Waals surface area contributed by atoms with Crippen molar-refractivity contribution in [2.45, 2.75) is 24.7 Å². The second-order valence-electron chi connectivity index (χ2n) is 7.17. The number of carboxylic acids is 1. The Morgan fingerprint density at radius 3 is 2.46 bits per heavy atom. The van der Waals surface area contributed by atoms with E-state index in [4.69, 9.17) is 4.74 Å². The van der Waals surface area contributed by atoms with E-state index in [0.29, 0.717) is 6.42 Å². The zero-order valence-corrected chi connectivity index (χ0v) is 18.3. The van der Waals surface area contributed by atoms with Crippen molar-refractivity contribution >= 4 is 37.8 Å². The van der Waals surface area contributed by atoms with E-state index in [1.807, 2.05) is 42.5 Å². The van der Waals surface area contributed by atoms with Gasteiger partial charge in [0.25, 0.3) is 0 Å². The molecule has 2 aliphatic heterocycles. The van der Waals surface area contributed by atoms with E-state index in [2.05, 4.69) is 48.0 Å². The minimum atomic E-state index is -0.762. The topological polar surface area (TPSA) is 82.6 Å². The van der Waals surface area contributed by atoms with Crippen LogP contribution in [0.5, 0.6) is 5.75 Å². The van der Waals surface area contributed by atoms with Crippen LogP contribution in [0, 0.1) is 11.8 Å². The summed E-state index contributed by atoms with van der Waals surface area (Å²) in [5.74, 6) is -0.588. The number of hydrogen-bond donors (Lipinski definition) is 4. The van der Waals surface area contributed by atoms with Crippen molar-refractivity contribution in [1.82, 2.24) is 16.2 Å². The summed E-state index contributed by atoms with van der Waals surface area (Å²) >= 11 is 6.97. The highest BCUT2D eigenvalue weighted by molar-refractivity contribution is 9.10. The largest absolute Gasteiger partial charge is 0.496 e. The second-order valence-corrected chi connectivity index (χ2v) is 8.94. The Labute approximate surface area is 180 Å². The number of fused-ring (bicyclic) bond motifs is 1. The highest BCUT2D eigenvalue weighted by Gasteiger charge is 2.49. The van der Waals surface area contributed by atoms with Crippen LogP contribution < -0.4 is 20.9 Å². The minimum absolute atomic E-state index is 0.0671.